The Hall–Kier alpha value is -1.22. The summed E-state index contributed by atoms with van der Waals surface area (Å²) in [4.78, 5) is 0. The Morgan fingerprint density at radius 1 is 1.18 bits per heavy atom. The van der Waals surface area contributed by atoms with E-state index in [0.717, 1.165) is 5.56 Å². The van der Waals surface area contributed by atoms with Crippen molar-refractivity contribution in [2.45, 2.75) is 32.8 Å². The number of hydrogen-bond donors (Lipinski definition) is 1. The zero-order chi connectivity index (χ0) is 13.1. The summed E-state index contributed by atoms with van der Waals surface area (Å²) in [6.45, 7) is 6.01. The fourth-order valence-electron chi connectivity index (χ4n) is 2.05. The van der Waals surface area contributed by atoms with Gasteiger partial charge in [0.2, 0.25) is 0 Å². The summed E-state index contributed by atoms with van der Waals surface area (Å²) in [6.07, 6.45) is 0.667. The van der Waals surface area contributed by atoms with Crippen LogP contribution in [0.1, 0.15) is 32.8 Å². The molecule has 1 rings (SSSR count). The van der Waals surface area contributed by atoms with Gasteiger partial charge in [-0.25, -0.2) is 0 Å². The average molecular weight is 238 g/mol. The maximum absolute atomic E-state index is 10.7. The van der Waals surface area contributed by atoms with Crippen LogP contribution in [0.2, 0.25) is 0 Å². The van der Waals surface area contributed by atoms with Crippen LogP contribution in [0.5, 0.6) is 11.5 Å². The molecule has 0 aromatic heterocycles. The molecule has 3 heteroatoms. The van der Waals surface area contributed by atoms with Crippen molar-refractivity contribution in [1.82, 2.24) is 0 Å². The first kappa shape index (κ1) is 13.8. The summed E-state index contributed by atoms with van der Waals surface area (Å²) in [7, 11) is 3.20. The van der Waals surface area contributed by atoms with Crippen molar-refractivity contribution < 1.29 is 14.6 Å². The lowest BCUT2D eigenvalue weighted by Crippen LogP contribution is -2.31. The van der Waals surface area contributed by atoms with E-state index in [0.29, 0.717) is 17.9 Å². The van der Waals surface area contributed by atoms with Gasteiger partial charge >= 0.3 is 0 Å². The topological polar surface area (TPSA) is 38.7 Å². The summed E-state index contributed by atoms with van der Waals surface area (Å²) >= 11 is 0. The molecule has 0 aliphatic heterocycles. The minimum Gasteiger partial charge on any atom is -0.493 e. The highest BCUT2D eigenvalue weighted by atomic mass is 16.5. The number of ether oxygens (including phenoxy) is 2. The number of methoxy groups -OCH3 is 2. The Balaban J connectivity index is 3.23. The summed E-state index contributed by atoms with van der Waals surface area (Å²) < 4.78 is 10.5. The monoisotopic (exact) mass is 238 g/mol. The van der Waals surface area contributed by atoms with E-state index in [-0.39, 0.29) is 5.92 Å². The molecule has 0 saturated heterocycles. The zero-order valence-corrected chi connectivity index (χ0v) is 11.3. The van der Waals surface area contributed by atoms with Gasteiger partial charge in [0.25, 0.3) is 0 Å². The van der Waals surface area contributed by atoms with E-state index in [1.165, 1.54) is 0 Å². The first-order chi connectivity index (χ1) is 7.99. The van der Waals surface area contributed by atoms with Crippen LogP contribution >= 0.6 is 0 Å². The Bertz CT molecular complexity index is 374. The molecule has 1 aromatic rings. The van der Waals surface area contributed by atoms with Crippen LogP contribution in [0, 0.1) is 5.92 Å². The smallest absolute Gasteiger partial charge is 0.161 e. The van der Waals surface area contributed by atoms with E-state index >= 15 is 0 Å². The van der Waals surface area contributed by atoms with E-state index < -0.39 is 5.60 Å². The molecule has 0 saturated carbocycles. The average Bonchev–Trinajstić information content (AvgIpc) is 2.36. The molecule has 1 aromatic carbocycles. The third kappa shape index (κ3) is 2.55. The van der Waals surface area contributed by atoms with E-state index in [1.807, 2.05) is 39.0 Å². The molecule has 0 heterocycles. The van der Waals surface area contributed by atoms with Gasteiger partial charge in [0.15, 0.2) is 11.5 Å². The molecule has 1 unspecified atom stereocenters. The van der Waals surface area contributed by atoms with Gasteiger partial charge in [-0.1, -0.05) is 26.8 Å². The standard InChI is InChI=1S/C14H22O3/c1-6-14(15,10(2)3)11-7-8-12(16-4)13(9-11)17-5/h7-10,15H,6H2,1-5H3. The van der Waals surface area contributed by atoms with E-state index in [4.69, 9.17) is 9.47 Å². The molecular weight excluding hydrogens is 216 g/mol. The molecule has 0 amide bonds. The van der Waals surface area contributed by atoms with Crippen LogP contribution in [-0.2, 0) is 5.60 Å². The Labute approximate surface area is 103 Å². The second-order valence-electron chi connectivity index (χ2n) is 4.50. The molecule has 0 fully saturated rings. The van der Waals surface area contributed by atoms with Crippen LogP contribution in [0.25, 0.3) is 0 Å². The van der Waals surface area contributed by atoms with Crippen molar-refractivity contribution in [3.05, 3.63) is 23.8 Å². The summed E-state index contributed by atoms with van der Waals surface area (Å²) in [6, 6.07) is 5.57. The zero-order valence-electron chi connectivity index (χ0n) is 11.3. The highest BCUT2D eigenvalue weighted by molar-refractivity contribution is 5.44. The predicted octanol–water partition coefficient (Wildman–Crippen LogP) is 2.96. The van der Waals surface area contributed by atoms with Crippen LogP contribution in [0.3, 0.4) is 0 Å². The number of aliphatic hydroxyl groups is 1. The Morgan fingerprint density at radius 3 is 2.18 bits per heavy atom. The maximum Gasteiger partial charge on any atom is 0.161 e. The second kappa shape index (κ2) is 5.41. The normalized spacial score (nSPS) is 14.5. The van der Waals surface area contributed by atoms with Gasteiger partial charge in [-0.05, 0) is 30.0 Å². The highest BCUT2D eigenvalue weighted by Crippen LogP contribution is 2.37. The number of rotatable bonds is 5. The van der Waals surface area contributed by atoms with E-state index in [2.05, 4.69) is 0 Å². The lowest BCUT2D eigenvalue weighted by molar-refractivity contribution is -0.0142. The van der Waals surface area contributed by atoms with E-state index in [9.17, 15) is 5.11 Å². The van der Waals surface area contributed by atoms with Gasteiger partial charge in [-0.3, -0.25) is 0 Å². The van der Waals surface area contributed by atoms with Crippen LogP contribution < -0.4 is 9.47 Å². The van der Waals surface area contributed by atoms with Crippen LogP contribution in [-0.4, -0.2) is 19.3 Å². The lowest BCUT2D eigenvalue weighted by Gasteiger charge is -2.32. The van der Waals surface area contributed by atoms with Gasteiger partial charge in [0.1, 0.15) is 0 Å². The SMILES string of the molecule is CCC(O)(c1ccc(OC)c(OC)c1)C(C)C. The number of benzene rings is 1. The predicted molar refractivity (Wildman–Crippen MR) is 68.6 cm³/mol. The molecule has 0 bridgehead atoms. The number of hydrogen-bond acceptors (Lipinski definition) is 3. The molecular formula is C14H22O3. The van der Waals surface area contributed by atoms with Crippen LogP contribution in [0.4, 0.5) is 0 Å². The summed E-state index contributed by atoms with van der Waals surface area (Å²) in [5.74, 6) is 1.47. The molecule has 0 radical (unpaired) electrons. The fraction of sp³-hybridized carbons (Fsp3) is 0.571. The van der Waals surface area contributed by atoms with Crippen molar-refractivity contribution >= 4 is 0 Å². The minimum absolute atomic E-state index is 0.144. The molecule has 3 nitrogen and oxygen atoms in total. The molecule has 96 valence electrons. The molecule has 1 N–H and O–H groups in total. The highest BCUT2D eigenvalue weighted by Gasteiger charge is 2.31. The largest absolute Gasteiger partial charge is 0.493 e. The van der Waals surface area contributed by atoms with Crippen molar-refractivity contribution in [3.63, 3.8) is 0 Å². The Morgan fingerprint density at radius 2 is 1.76 bits per heavy atom. The first-order valence-corrected chi connectivity index (χ1v) is 5.94. The van der Waals surface area contributed by atoms with Crippen molar-refractivity contribution in [1.29, 1.82) is 0 Å². The second-order valence-corrected chi connectivity index (χ2v) is 4.50. The third-order valence-electron chi connectivity index (χ3n) is 3.38. The summed E-state index contributed by atoms with van der Waals surface area (Å²) in [5, 5.41) is 10.7. The van der Waals surface area contributed by atoms with Gasteiger partial charge in [0, 0.05) is 0 Å². The lowest BCUT2D eigenvalue weighted by atomic mass is 9.81. The molecule has 0 aliphatic carbocycles. The van der Waals surface area contributed by atoms with Gasteiger partial charge in [-0.2, -0.15) is 0 Å². The first-order valence-electron chi connectivity index (χ1n) is 5.94. The van der Waals surface area contributed by atoms with Crippen molar-refractivity contribution in [2.75, 3.05) is 14.2 Å². The maximum atomic E-state index is 10.7. The molecule has 17 heavy (non-hydrogen) atoms. The van der Waals surface area contributed by atoms with Gasteiger partial charge in [-0.15, -0.1) is 0 Å². The minimum atomic E-state index is -0.820. The van der Waals surface area contributed by atoms with Crippen molar-refractivity contribution in [3.8, 4) is 11.5 Å². The van der Waals surface area contributed by atoms with E-state index in [1.54, 1.807) is 14.2 Å². The van der Waals surface area contributed by atoms with Gasteiger partial charge in [0.05, 0.1) is 19.8 Å². The molecule has 0 spiro atoms. The quantitative estimate of drug-likeness (QED) is 0.857. The van der Waals surface area contributed by atoms with Gasteiger partial charge < -0.3 is 14.6 Å². The molecule has 1 atom stereocenters. The third-order valence-corrected chi connectivity index (χ3v) is 3.38. The summed E-state index contributed by atoms with van der Waals surface area (Å²) in [5.41, 5.74) is 0.0483. The fourth-order valence-corrected chi connectivity index (χ4v) is 2.05. The van der Waals surface area contributed by atoms with Crippen LogP contribution in [0.15, 0.2) is 18.2 Å². The Kier molecular flexibility index (Phi) is 4.40. The van der Waals surface area contributed by atoms with Crippen molar-refractivity contribution in [2.24, 2.45) is 5.92 Å². The molecule has 0 aliphatic rings.